The number of anilines is 2. The molecule has 0 heterocycles. The number of benzene rings is 2. The molecule has 2 aromatic rings. The van der Waals surface area contributed by atoms with Crippen molar-refractivity contribution < 1.29 is 0 Å². The van der Waals surface area contributed by atoms with Gasteiger partial charge in [-0.05, 0) is 53.3 Å². The van der Waals surface area contributed by atoms with E-state index in [1.165, 1.54) is 14.8 Å². The minimum absolute atomic E-state index is 1.16. The van der Waals surface area contributed by atoms with E-state index in [-0.39, 0.29) is 0 Å². The molecule has 0 aliphatic carbocycles. The molecular formula is C13H12IN. The molecule has 0 aliphatic heterocycles. The third-order valence-corrected chi connectivity index (χ3v) is 3.23. The Labute approximate surface area is 104 Å². The largest absolute Gasteiger partial charge is 0.354 e. The van der Waals surface area contributed by atoms with Crippen LogP contribution in [0.25, 0.3) is 0 Å². The molecule has 2 heteroatoms. The first-order chi connectivity index (χ1) is 7.27. The summed E-state index contributed by atoms with van der Waals surface area (Å²) >= 11 is 2.34. The summed E-state index contributed by atoms with van der Waals surface area (Å²) in [5.41, 5.74) is 3.59. The number of hydrogen-bond acceptors (Lipinski definition) is 1. The van der Waals surface area contributed by atoms with E-state index in [1.807, 2.05) is 18.2 Å². The minimum atomic E-state index is 1.16. The second-order valence-corrected chi connectivity index (χ2v) is 4.58. The van der Waals surface area contributed by atoms with Gasteiger partial charge < -0.3 is 5.32 Å². The minimum Gasteiger partial charge on any atom is -0.354 e. The van der Waals surface area contributed by atoms with E-state index >= 15 is 0 Å². The van der Waals surface area contributed by atoms with Crippen molar-refractivity contribution in [1.82, 2.24) is 0 Å². The van der Waals surface area contributed by atoms with Crippen molar-refractivity contribution in [3.8, 4) is 0 Å². The maximum Gasteiger partial charge on any atom is 0.0519 e. The lowest BCUT2D eigenvalue weighted by Gasteiger charge is -2.10. The molecular weight excluding hydrogens is 297 g/mol. The van der Waals surface area contributed by atoms with Crippen LogP contribution in [0.1, 0.15) is 5.56 Å². The van der Waals surface area contributed by atoms with Crippen LogP contribution < -0.4 is 5.32 Å². The molecule has 76 valence electrons. The molecule has 2 rings (SSSR count). The molecule has 0 saturated heterocycles. The first kappa shape index (κ1) is 10.5. The molecule has 0 radical (unpaired) electrons. The van der Waals surface area contributed by atoms with Gasteiger partial charge in [-0.1, -0.05) is 30.3 Å². The average Bonchev–Trinajstić information content (AvgIpc) is 2.24. The Morgan fingerprint density at radius 2 is 1.47 bits per heavy atom. The molecule has 0 bridgehead atoms. The Morgan fingerprint density at radius 1 is 0.867 bits per heavy atom. The smallest absolute Gasteiger partial charge is 0.0519 e. The number of rotatable bonds is 2. The van der Waals surface area contributed by atoms with Gasteiger partial charge in [-0.2, -0.15) is 0 Å². The van der Waals surface area contributed by atoms with Gasteiger partial charge in [0.05, 0.1) is 5.69 Å². The fourth-order valence-electron chi connectivity index (χ4n) is 1.42. The van der Waals surface area contributed by atoms with Gasteiger partial charge >= 0.3 is 0 Å². The predicted octanol–water partition coefficient (Wildman–Crippen LogP) is 4.34. The quantitative estimate of drug-likeness (QED) is 0.814. The van der Waals surface area contributed by atoms with Crippen molar-refractivity contribution >= 4 is 34.0 Å². The van der Waals surface area contributed by atoms with E-state index in [2.05, 4.69) is 65.2 Å². The zero-order valence-corrected chi connectivity index (χ0v) is 10.7. The Morgan fingerprint density at radius 3 is 2.13 bits per heavy atom. The molecule has 0 aromatic heterocycles. The molecule has 0 unspecified atom stereocenters. The highest BCUT2D eigenvalue weighted by atomic mass is 127. The Bertz CT molecular complexity index is 422. The van der Waals surface area contributed by atoms with Gasteiger partial charge in [0.25, 0.3) is 0 Å². The summed E-state index contributed by atoms with van der Waals surface area (Å²) in [5.74, 6) is 0. The van der Waals surface area contributed by atoms with Gasteiger partial charge in [0.15, 0.2) is 0 Å². The first-order valence-electron chi connectivity index (χ1n) is 4.84. The van der Waals surface area contributed by atoms with Crippen LogP contribution in [0.15, 0.2) is 48.5 Å². The predicted molar refractivity (Wildman–Crippen MR) is 73.6 cm³/mol. The Balaban J connectivity index is 2.30. The number of halogens is 1. The molecule has 0 amide bonds. The van der Waals surface area contributed by atoms with Crippen molar-refractivity contribution in [2.45, 2.75) is 6.92 Å². The number of aryl methyl sites for hydroxylation is 1. The van der Waals surface area contributed by atoms with E-state index in [0.717, 1.165) is 5.69 Å². The van der Waals surface area contributed by atoms with Crippen LogP contribution in [0.4, 0.5) is 11.4 Å². The normalized spacial score (nSPS) is 10.0. The number of para-hydroxylation sites is 2. The standard InChI is InChI=1S/C13H12IN/c1-10-6-2-4-8-12(10)15-13-9-5-3-7-11(13)14/h2-9,15H,1H3. The van der Waals surface area contributed by atoms with Crippen LogP contribution in [0.3, 0.4) is 0 Å². The summed E-state index contributed by atoms with van der Waals surface area (Å²) in [6, 6.07) is 16.6. The SMILES string of the molecule is Cc1ccccc1Nc1ccccc1I. The first-order valence-corrected chi connectivity index (χ1v) is 5.92. The monoisotopic (exact) mass is 309 g/mol. The van der Waals surface area contributed by atoms with Crippen LogP contribution in [0, 0.1) is 10.5 Å². The van der Waals surface area contributed by atoms with Crippen molar-refractivity contribution in [3.05, 3.63) is 57.7 Å². The molecule has 15 heavy (non-hydrogen) atoms. The fourth-order valence-corrected chi connectivity index (χ4v) is 1.94. The van der Waals surface area contributed by atoms with Gasteiger partial charge in [0.2, 0.25) is 0 Å². The molecule has 0 saturated carbocycles. The molecule has 0 spiro atoms. The zero-order valence-electron chi connectivity index (χ0n) is 8.50. The molecule has 0 aliphatic rings. The van der Waals surface area contributed by atoms with E-state index in [9.17, 15) is 0 Å². The lowest BCUT2D eigenvalue weighted by molar-refractivity contribution is 1.42. The highest BCUT2D eigenvalue weighted by Crippen LogP contribution is 2.23. The number of nitrogens with one attached hydrogen (secondary N) is 1. The summed E-state index contributed by atoms with van der Waals surface area (Å²) in [4.78, 5) is 0. The Hall–Kier alpha value is -1.03. The summed E-state index contributed by atoms with van der Waals surface area (Å²) < 4.78 is 1.23. The maximum absolute atomic E-state index is 3.43. The molecule has 2 aromatic carbocycles. The summed E-state index contributed by atoms with van der Waals surface area (Å²) in [5, 5.41) is 3.43. The average molecular weight is 309 g/mol. The zero-order chi connectivity index (χ0) is 10.7. The summed E-state index contributed by atoms with van der Waals surface area (Å²) in [7, 11) is 0. The van der Waals surface area contributed by atoms with Crippen LogP contribution in [-0.4, -0.2) is 0 Å². The molecule has 0 fully saturated rings. The van der Waals surface area contributed by atoms with Crippen molar-refractivity contribution in [3.63, 3.8) is 0 Å². The van der Waals surface area contributed by atoms with Crippen molar-refractivity contribution in [1.29, 1.82) is 0 Å². The van der Waals surface area contributed by atoms with Gasteiger partial charge in [-0.3, -0.25) is 0 Å². The summed E-state index contributed by atoms with van der Waals surface area (Å²) in [6.45, 7) is 2.11. The van der Waals surface area contributed by atoms with E-state index in [1.54, 1.807) is 0 Å². The molecule has 1 N–H and O–H groups in total. The maximum atomic E-state index is 3.43. The van der Waals surface area contributed by atoms with Gasteiger partial charge in [-0.25, -0.2) is 0 Å². The van der Waals surface area contributed by atoms with E-state index < -0.39 is 0 Å². The third kappa shape index (κ3) is 2.50. The van der Waals surface area contributed by atoms with Gasteiger partial charge in [0.1, 0.15) is 0 Å². The van der Waals surface area contributed by atoms with Crippen LogP contribution in [-0.2, 0) is 0 Å². The second-order valence-electron chi connectivity index (χ2n) is 3.42. The molecule has 1 nitrogen and oxygen atoms in total. The summed E-state index contributed by atoms with van der Waals surface area (Å²) in [6.07, 6.45) is 0. The van der Waals surface area contributed by atoms with Crippen LogP contribution in [0.2, 0.25) is 0 Å². The highest BCUT2D eigenvalue weighted by Gasteiger charge is 2.00. The second kappa shape index (κ2) is 4.66. The van der Waals surface area contributed by atoms with Crippen molar-refractivity contribution in [2.75, 3.05) is 5.32 Å². The lowest BCUT2D eigenvalue weighted by Crippen LogP contribution is -1.94. The van der Waals surface area contributed by atoms with E-state index in [0.29, 0.717) is 0 Å². The van der Waals surface area contributed by atoms with Gasteiger partial charge in [0, 0.05) is 9.26 Å². The highest BCUT2D eigenvalue weighted by molar-refractivity contribution is 14.1. The lowest BCUT2D eigenvalue weighted by atomic mass is 10.2. The van der Waals surface area contributed by atoms with Crippen LogP contribution in [0.5, 0.6) is 0 Å². The number of hydrogen-bond donors (Lipinski definition) is 1. The topological polar surface area (TPSA) is 12.0 Å². The van der Waals surface area contributed by atoms with E-state index in [4.69, 9.17) is 0 Å². The Kier molecular flexibility index (Phi) is 3.26. The van der Waals surface area contributed by atoms with Gasteiger partial charge in [-0.15, -0.1) is 0 Å². The molecule has 0 atom stereocenters. The fraction of sp³-hybridized carbons (Fsp3) is 0.0769. The van der Waals surface area contributed by atoms with Crippen LogP contribution >= 0.6 is 22.6 Å². The third-order valence-electron chi connectivity index (χ3n) is 2.29. The van der Waals surface area contributed by atoms with Crippen molar-refractivity contribution in [2.24, 2.45) is 0 Å².